The molecule has 0 aliphatic rings. The molecule has 2 N–H and O–H groups in total. The summed E-state index contributed by atoms with van der Waals surface area (Å²) >= 11 is 6.04. The lowest BCUT2D eigenvalue weighted by Gasteiger charge is -2.11. The van der Waals surface area contributed by atoms with Crippen LogP contribution < -0.4 is 20.1 Å². The van der Waals surface area contributed by atoms with Crippen molar-refractivity contribution >= 4 is 23.3 Å². The summed E-state index contributed by atoms with van der Waals surface area (Å²) in [5, 5.41) is 14.1. The molecule has 1 aromatic heterocycles. The van der Waals surface area contributed by atoms with E-state index in [1.54, 1.807) is 26.3 Å². The second-order valence-corrected chi connectivity index (χ2v) is 4.25. The van der Waals surface area contributed by atoms with Crippen molar-refractivity contribution < 1.29 is 13.9 Å². The topological polar surface area (TPSA) is 81.4 Å². The van der Waals surface area contributed by atoms with Gasteiger partial charge in [-0.2, -0.15) is 0 Å². The Morgan fingerprint density at radius 2 is 1.95 bits per heavy atom. The van der Waals surface area contributed by atoms with Gasteiger partial charge in [0.05, 0.1) is 31.5 Å². The minimum absolute atomic E-state index is 0.262. The Hall–Kier alpha value is -1.99. The molecule has 0 amide bonds. The zero-order valence-electron chi connectivity index (χ0n) is 11.4. The van der Waals surface area contributed by atoms with Crippen LogP contribution in [0.15, 0.2) is 16.5 Å². The van der Waals surface area contributed by atoms with Gasteiger partial charge in [-0.1, -0.05) is 16.7 Å². The Labute approximate surface area is 121 Å². The first-order valence-electron chi connectivity index (χ1n) is 5.83. The van der Waals surface area contributed by atoms with Gasteiger partial charge in [0.1, 0.15) is 11.5 Å². The number of benzene rings is 1. The summed E-state index contributed by atoms with van der Waals surface area (Å²) in [4.78, 5) is 0. The molecule has 1 aromatic carbocycles. The van der Waals surface area contributed by atoms with E-state index in [-0.39, 0.29) is 6.01 Å². The molecule has 108 valence electrons. The molecule has 0 fully saturated rings. The van der Waals surface area contributed by atoms with E-state index in [1.807, 2.05) is 0 Å². The molecule has 0 spiro atoms. The van der Waals surface area contributed by atoms with Gasteiger partial charge in [0.25, 0.3) is 0 Å². The molecule has 8 heteroatoms. The molecule has 0 atom stereocenters. The van der Waals surface area contributed by atoms with Crippen LogP contribution in [0.2, 0.25) is 5.02 Å². The maximum Gasteiger partial charge on any atom is 0.320 e. The first-order valence-corrected chi connectivity index (χ1v) is 6.21. The highest BCUT2D eigenvalue weighted by molar-refractivity contribution is 6.32. The monoisotopic (exact) mass is 298 g/mol. The average molecular weight is 299 g/mol. The molecule has 0 unspecified atom stereocenters. The van der Waals surface area contributed by atoms with Crippen LogP contribution in [0.4, 0.5) is 11.7 Å². The lowest BCUT2D eigenvalue weighted by Crippen LogP contribution is -2.04. The van der Waals surface area contributed by atoms with Crippen LogP contribution in [0.5, 0.6) is 11.5 Å². The zero-order chi connectivity index (χ0) is 14.5. The highest BCUT2D eigenvalue weighted by Crippen LogP contribution is 2.37. The fourth-order valence-corrected chi connectivity index (χ4v) is 1.83. The number of nitrogens with one attached hydrogen (secondary N) is 2. The number of methoxy groups -OCH3 is 2. The molecule has 2 aromatic rings. The second kappa shape index (κ2) is 6.44. The first kappa shape index (κ1) is 14.4. The van der Waals surface area contributed by atoms with Crippen molar-refractivity contribution in [1.82, 2.24) is 15.5 Å². The van der Waals surface area contributed by atoms with Gasteiger partial charge < -0.3 is 24.5 Å². The van der Waals surface area contributed by atoms with Crippen LogP contribution in [0.1, 0.15) is 5.89 Å². The van der Waals surface area contributed by atoms with E-state index >= 15 is 0 Å². The number of ether oxygens (including phenoxy) is 2. The van der Waals surface area contributed by atoms with Gasteiger partial charge >= 0.3 is 6.01 Å². The molecule has 7 nitrogen and oxygen atoms in total. The zero-order valence-corrected chi connectivity index (χ0v) is 12.1. The van der Waals surface area contributed by atoms with Crippen molar-refractivity contribution in [2.75, 3.05) is 26.6 Å². The number of aromatic nitrogens is 2. The van der Waals surface area contributed by atoms with Gasteiger partial charge in [-0.3, -0.25) is 0 Å². The summed E-state index contributed by atoms with van der Waals surface area (Å²) < 4.78 is 15.8. The van der Waals surface area contributed by atoms with Crippen LogP contribution in [0.25, 0.3) is 0 Å². The molecule has 0 saturated heterocycles. The van der Waals surface area contributed by atoms with Crippen molar-refractivity contribution in [3.05, 3.63) is 23.0 Å². The average Bonchev–Trinajstić information content (AvgIpc) is 2.88. The summed E-state index contributed by atoms with van der Waals surface area (Å²) in [5.74, 6) is 1.55. The molecule has 0 radical (unpaired) electrons. The Bertz CT molecular complexity index is 588. The van der Waals surface area contributed by atoms with Crippen molar-refractivity contribution in [1.29, 1.82) is 0 Å². The van der Waals surface area contributed by atoms with E-state index in [9.17, 15) is 0 Å². The van der Waals surface area contributed by atoms with Crippen LogP contribution >= 0.6 is 11.6 Å². The van der Waals surface area contributed by atoms with Gasteiger partial charge in [0.2, 0.25) is 5.89 Å². The SMILES string of the molecule is CNCc1nnc(Nc2cc(OC)c(Cl)cc2OC)o1. The van der Waals surface area contributed by atoms with Crippen LogP contribution in [0.3, 0.4) is 0 Å². The Balaban J connectivity index is 2.26. The maximum absolute atomic E-state index is 6.04. The van der Waals surface area contributed by atoms with Crippen molar-refractivity contribution in [3.63, 3.8) is 0 Å². The third-order valence-corrected chi connectivity index (χ3v) is 2.81. The van der Waals surface area contributed by atoms with E-state index in [1.165, 1.54) is 7.11 Å². The van der Waals surface area contributed by atoms with E-state index in [0.29, 0.717) is 34.6 Å². The van der Waals surface area contributed by atoms with Crippen molar-refractivity contribution in [3.8, 4) is 11.5 Å². The third-order valence-electron chi connectivity index (χ3n) is 2.51. The number of hydrogen-bond donors (Lipinski definition) is 2. The van der Waals surface area contributed by atoms with E-state index in [2.05, 4.69) is 20.8 Å². The molecular formula is C12H15ClN4O3. The number of anilines is 2. The normalized spacial score (nSPS) is 10.4. The smallest absolute Gasteiger partial charge is 0.320 e. The minimum Gasteiger partial charge on any atom is -0.495 e. The number of rotatable bonds is 6. The predicted octanol–water partition coefficient (Wildman–Crippen LogP) is 2.20. The van der Waals surface area contributed by atoms with Crippen molar-refractivity contribution in [2.24, 2.45) is 0 Å². The molecule has 1 heterocycles. The fraction of sp³-hybridized carbons (Fsp3) is 0.333. The molecule has 0 aliphatic carbocycles. The molecule has 0 aliphatic heterocycles. The summed E-state index contributed by atoms with van der Waals surface area (Å²) in [6.45, 7) is 0.496. The molecule has 0 bridgehead atoms. The molecule has 0 saturated carbocycles. The molecular weight excluding hydrogens is 284 g/mol. The van der Waals surface area contributed by atoms with E-state index in [0.717, 1.165) is 0 Å². The standard InChI is InChI=1S/C12H15ClN4O3/c1-14-6-11-16-17-12(20-11)15-8-5-9(18-2)7(13)4-10(8)19-3/h4-5,14H,6H2,1-3H3,(H,15,17). The number of halogens is 1. The second-order valence-electron chi connectivity index (χ2n) is 3.84. The quantitative estimate of drug-likeness (QED) is 0.846. The number of hydrogen-bond acceptors (Lipinski definition) is 7. The third kappa shape index (κ3) is 3.12. The molecule has 2 rings (SSSR count). The lowest BCUT2D eigenvalue weighted by molar-refractivity contribution is 0.404. The van der Waals surface area contributed by atoms with Crippen molar-refractivity contribution in [2.45, 2.75) is 6.54 Å². The van der Waals surface area contributed by atoms with Gasteiger partial charge in [-0.05, 0) is 7.05 Å². The van der Waals surface area contributed by atoms with Gasteiger partial charge in [0.15, 0.2) is 0 Å². The first-order chi connectivity index (χ1) is 9.67. The highest BCUT2D eigenvalue weighted by Gasteiger charge is 2.13. The minimum atomic E-state index is 0.262. The Morgan fingerprint density at radius 1 is 1.20 bits per heavy atom. The lowest BCUT2D eigenvalue weighted by atomic mass is 10.2. The summed E-state index contributed by atoms with van der Waals surface area (Å²) in [6.07, 6.45) is 0. The number of nitrogens with zero attached hydrogens (tertiary/aromatic N) is 2. The largest absolute Gasteiger partial charge is 0.495 e. The summed E-state index contributed by atoms with van der Waals surface area (Å²) in [7, 11) is 4.88. The highest BCUT2D eigenvalue weighted by atomic mass is 35.5. The Kier molecular flexibility index (Phi) is 4.65. The van der Waals surface area contributed by atoms with Gasteiger partial charge in [-0.25, -0.2) is 0 Å². The summed E-state index contributed by atoms with van der Waals surface area (Å²) in [5.41, 5.74) is 0.619. The van der Waals surface area contributed by atoms with Gasteiger partial charge in [0, 0.05) is 12.1 Å². The van der Waals surface area contributed by atoms with E-state index < -0.39 is 0 Å². The predicted molar refractivity (Wildman–Crippen MR) is 74.9 cm³/mol. The fourth-order valence-electron chi connectivity index (χ4n) is 1.60. The summed E-state index contributed by atoms with van der Waals surface area (Å²) in [6, 6.07) is 3.61. The van der Waals surface area contributed by atoms with Crippen LogP contribution in [0, 0.1) is 0 Å². The van der Waals surface area contributed by atoms with Crippen LogP contribution in [-0.4, -0.2) is 31.5 Å². The van der Waals surface area contributed by atoms with Crippen LogP contribution in [-0.2, 0) is 6.54 Å². The maximum atomic E-state index is 6.04. The molecule has 20 heavy (non-hydrogen) atoms. The van der Waals surface area contributed by atoms with E-state index in [4.69, 9.17) is 25.5 Å². The Morgan fingerprint density at radius 3 is 2.60 bits per heavy atom. The van der Waals surface area contributed by atoms with Gasteiger partial charge in [-0.15, -0.1) is 5.10 Å².